The van der Waals surface area contributed by atoms with E-state index in [1.165, 1.54) is 0 Å². The molecule has 1 aromatic carbocycles. The highest BCUT2D eigenvalue weighted by atomic mass is 16.3. The molecule has 2 aromatic rings. The predicted octanol–water partition coefficient (Wildman–Crippen LogP) is 1.67. The molecule has 0 saturated carbocycles. The molecule has 17 heavy (non-hydrogen) atoms. The molecule has 0 amide bonds. The van der Waals surface area contributed by atoms with E-state index >= 15 is 0 Å². The number of benzene rings is 1. The average Bonchev–Trinajstić information content (AvgIpc) is 2.86. The number of aliphatic hydroxyl groups is 2. The Morgan fingerprint density at radius 1 is 1.18 bits per heavy atom. The maximum Gasteiger partial charge on any atom is 0.142 e. The second-order valence-electron chi connectivity index (χ2n) is 3.87. The highest BCUT2D eigenvalue weighted by Gasteiger charge is 2.23. The maximum atomic E-state index is 10.1. The molecule has 0 radical (unpaired) electrons. The molecule has 2 rings (SSSR count). The first-order valence-corrected chi connectivity index (χ1v) is 5.66. The van der Waals surface area contributed by atoms with Gasteiger partial charge in [0.2, 0.25) is 0 Å². The van der Waals surface area contributed by atoms with Gasteiger partial charge in [0.25, 0.3) is 0 Å². The third-order valence-electron chi connectivity index (χ3n) is 2.79. The Hall–Kier alpha value is -1.65. The molecule has 1 heterocycles. The van der Waals surface area contributed by atoms with Crippen molar-refractivity contribution < 1.29 is 10.2 Å². The van der Waals surface area contributed by atoms with Crippen molar-refractivity contribution in [2.45, 2.75) is 25.7 Å². The zero-order valence-corrected chi connectivity index (χ0v) is 9.69. The van der Waals surface area contributed by atoms with Crippen LogP contribution in [0.2, 0.25) is 0 Å². The standard InChI is InChI=1S/C13H16N2O2/c1-2-15-9-8-14-13(15)12(17)11(16)10-6-4-3-5-7-10/h3-9,11-12,16-17H,2H2,1H3. The molecule has 0 aliphatic carbocycles. The van der Waals surface area contributed by atoms with Gasteiger partial charge in [0, 0.05) is 18.9 Å². The summed E-state index contributed by atoms with van der Waals surface area (Å²) in [4.78, 5) is 4.09. The number of imidazole rings is 1. The lowest BCUT2D eigenvalue weighted by molar-refractivity contribution is 0.00977. The molecule has 4 heteroatoms. The fourth-order valence-corrected chi connectivity index (χ4v) is 1.83. The van der Waals surface area contributed by atoms with Crippen molar-refractivity contribution in [2.24, 2.45) is 0 Å². The topological polar surface area (TPSA) is 58.3 Å². The van der Waals surface area contributed by atoms with Crippen molar-refractivity contribution in [1.29, 1.82) is 0 Å². The molecule has 0 bridgehead atoms. The number of aliphatic hydroxyl groups excluding tert-OH is 2. The lowest BCUT2D eigenvalue weighted by Gasteiger charge is -2.18. The number of aromatic nitrogens is 2. The van der Waals surface area contributed by atoms with Crippen LogP contribution >= 0.6 is 0 Å². The molecule has 0 fully saturated rings. The second kappa shape index (κ2) is 5.12. The average molecular weight is 232 g/mol. The van der Waals surface area contributed by atoms with Gasteiger partial charge in [-0.25, -0.2) is 4.98 Å². The minimum absolute atomic E-state index is 0.490. The number of aryl methyl sites for hydroxylation is 1. The van der Waals surface area contributed by atoms with Crippen molar-refractivity contribution in [1.82, 2.24) is 9.55 Å². The monoisotopic (exact) mass is 232 g/mol. The molecular formula is C13H16N2O2. The highest BCUT2D eigenvalue weighted by Crippen LogP contribution is 2.27. The van der Waals surface area contributed by atoms with E-state index in [2.05, 4.69) is 4.98 Å². The van der Waals surface area contributed by atoms with Crippen LogP contribution < -0.4 is 0 Å². The Morgan fingerprint density at radius 2 is 1.88 bits per heavy atom. The lowest BCUT2D eigenvalue weighted by atomic mass is 10.0. The van der Waals surface area contributed by atoms with E-state index in [0.29, 0.717) is 17.9 Å². The first kappa shape index (κ1) is 11.8. The first-order valence-electron chi connectivity index (χ1n) is 5.66. The number of hydrogen-bond donors (Lipinski definition) is 2. The summed E-state index contributed by atoms with van der Waals surface area (Å²) >= 11 is 0. The van der Waals surface area contributed by atoms with Crippen LogP contribution in [0.25, 0.3) is 0 Å². The molecular weight excluding hydrogens is 216 g/mol. The number of rotatable bonds is 4. The molecule has 0 saturated heterocycles. The highest BCUT2D eigenvalue weighted by molar-refractivity contribution is 5.19. The van der Waals surface area contributed by atoms with E-state index in [4.69, 9.17) is 0 Å². The molecule has 90 valence electrons. The number of hydrogen-bond acceptors (Lipinski definition) is 3. The summed E-state index contributed by atoms with van der Waals surface area (Å²) in [7, 11) is 0. The maximum absolute atomic E-state index is 10.1. The van der Waals surface area contributed by atoms with Gasteiger partial charge in [0.1, 0.15) is 18.0 Å². The Kier molecular flexibility index (Phi) is 3.56. The third kappa shape index (κ3) is 2.38. The smallest absolute Gasteiger partial charge is 0.142 e. The summed E-state index contributed by atoms with van der Waals surface area (Å²) in [5, 5.41) is 20.2. The molecule has 0 aliphatic heterocycles. The fraction of sp³-hybridized carbons (Fsp3) is 0.308. The van der Waals surface area contributed by atoms with E-state index < -0.39 is 12.2 Å². The Labute approximate surface area is 100 Å². The van der Waals surface area contributed by atoms with Gasteiger partial charge in [0.05, 0.1) is 0 Å². The van der Waals surface area contributed by atoms with Crippen LogP contribution in [0.4, 0.5) is 0 Å². The van der Waals surface area contributed by atoms with E-state index in [9.17, 15) is 10.2 Å². The third-order valence-corrected chi connectivity index (χ3v) is 2.79. The van der Waals surface area contributed by atoms with Crippen LogP contribution in [0.1, 0.15) is 30.5 Å². The van der Waals surface area contributed by atoms with E-state index in [1.807, 2.05) is 29.7 Å². The van der Waals surface area contributed by atoms with Gasteiger partial charge >= 0.3 is 0 Å². The summed E-state index contributed by atoms with van der Waals surface area (Å²) in [6, 6.07) is 9.10. The van der Waals surface area contributed by atoms with Crippen molar-refractivity contribution >= 4 is 0 Å². The van der Waals surface area contributed by atoms with Gasteiger partial charge in [-0.3, -0.25) is 0 Å². The van der Waals surface area contributed by atoms with Crippen molar-refractivity contribution in [2.75, 3.05) is 0 Å². The predicted molar refractivity (Wildman–Crippen MR) is 64.3 cm³/mol. The van der Waals surface area contributed by atoms with Crippen LogP contribution in [0.15, 0.2) is 42.7 Å². The molecule has 2 atom stereocenters. The largest absolute Gasteiger partial charge is 0.385 e. The van der Waals surface area contributed by atoms with Crippen LogP contribution in [-0.4, -0.2) is 19.8 Å². The van der Waals surface area contributed by atoms with E-state index in [1.54, 1.807) is 24.5 Å². The Morgan fingerprint density at radius 3 is 2.53 bits per heavy atom. The summed E-state index contributed by atoms with van der Waals surface area (Å²) in [6.07, 6.45) is 1.45. The Balaban J connectivity index is 2.23. The zero-order valence-electron chi connectivity index (χ0n) is 9.69. The van der Waals surface area contributed by atoms with Crippen molar-refractivity contribution in [3.8, 4) is 0 Å². The molecule has 0 spiro atoms. The lowest BCUT2D eigenvalue weighted by Crippen LogP contribution is -2.15. The Bertz CT molecular complexity index is 467. The summed E-state index contributed by atoms with van der Waals surface area (Å²) in [6.45, 7) is 2.68. The van der Waals surface area contributed by atoms with E-state index in [0.717, 1.165) is 0 Å². The molecule has 1 aromatic heterocycles. The van der Waals surface area contributed by atoms with Crippen LogP contribution in [0.3, 0.4) is 0 Å². The second-order valence-corrected chi connectivity index (χ2v) is 3.87. The van der Waals surface area contributed by atoms with Crippen LogP contribution in [-0.2, 0) is 6.54 Å². The normalized spacial score (nSPS) is 14.5. The van der Waals surface area contributed by atoms with Gasteiger partial charge in [0.15, 0.2) is 0 Å². The van der Waals surface area contributed by atoms with Gasteiger partial charge in [-0.2, -0.15) is 0 Å². The number of nitrogens with zero attached hydrogens (tertiary/aromatic N) is 2. The van der Waals surface area contributed by atoms with Gasteiger partial charge in [-0.05, 0) is 12.5 Å². The van der Waals surface area contributed by atoms with Gasteiger partial charge in [-0.15, -0.1) is 0 Å². The summed E-state index contributed by atoms with van der Waals surface area (Å²) < 4.78 is 1.82. The van der Waals surface area contributed by atoms with Crippen molar-refractivity contribution in [3.05, 3.63) is 54.1 Å². The molecule has 4 nitrogen and oxygen atoms in total. The van der Waals surface area contributed by atoms with Gasteiger partial charge < -0.3 is 14.8 Å². The first-order chi connectivity index (χ1) is 8.24. The summed E-state index contributed by atoms with van der Waals surface area (Å²) in [5.41, 5.74) is 0.686. The van der Waals surface area contributed by atoms with Crippen LogP contribution in [0.5, 0.6) is 0 Å². The fourth-order valence-electron chi connectivity index (χ4n) is 1.83. The molecule has 2 unspecified atom stereocenters. The SMILES string of the molecule is CCn1ccnc1C(O)C(O)c1ccccc1. The van der Waals surface area contributed by atoms with Crippen molar-refractivity contribution in [3.63, 3.8) is 0 Å². The zero-order chi connectivity index (χ0) is 12.3. The van der Waals surface area contributed by atoms with E-state index in [-0.39, 0.29) is 0 Å². The summed E-state index contributed by atoms with van der Waals surface area (Å²) in [5.74, 6) is 0.490. The van der Waals surface area contributed by atoms with Crippen LogP contribution in [0, 0.1) is 0 Å². The minimum Gasteiger partial charge on any atom is -0.385 e. The van der Waals surface area contributed by atoms with Gasteiger partial charge in [-0.1, -0.05) is 30.3 Å². The minimum atomic E-state index is -1.01. The quantitative estimate of drug-likeness (QED) is 0.843. The molecule has 0 aliphatic rings. The molecule has 2 N–H and O–H groups in total.